The first kappa shape index (κ1) is 15.9. The molecule has 0 radical (unpaired) electrons. The molecule has 1 N–H and O–H groups in total. The van der Waals surface area contributed by atoms with Crippen molar-refractivity contribution < 1.29 is 13.2 Å². The van der Waals surface area contributed by atoms with Gasteiger partial charge in [-0.05, 0) is 58.0 Å². The summed E-state index contributed by atoms with van der Waals surface area (Å²) in [6, 6.07) is 4.57. The van der Waals surface area contributed by atoms with Gasteiger partial charge < -0.3 is 9.88 Å². The molecule has 1 aromatic heterocycles. The van der Waals surface area contributed by atoms with Gasteiger partial charge in [0.25, 0.3) is 0 Å². The maximum absolute atomic E-state index is 13.3. The second-order valence-electron chi connectivity index (χ2n) is 5.56. The molecule has 0 spiro atoms. The van der Waals surface area contributed by atoms with Gasteiger partial charge in [-0.3, -0.25) is 0 Å². The highest BCUT2D eigenvalue weighted by molar-refractivity contribution is 5.88. The van der Waals surface area contributed by atoms with Crippen LogP contribution in [0.15, 0.2) is 24.4 Å². The van der Waals surface area contributed by atoms with Gasteiger partial charge in [0.1, 0.15) is 0 Å². The van der Waals surface area contributed by atoms with E-state index in [1.807, 2.05) is 31.7 Å². The van der Waals surface area contributed by atoms with Crippen LogP contribution >= 0.6 is 0 Å². The average Bonchev–Trinajstić information content (AvgIpc) is 2.77. The number of benzene rings is 1. The molecule has 2 aromatic rings. The Balaban J connectivity index is 2.60. The summed E-state index contributed by atoms with van der Waals surface area (Å²) in [5.74, 6) is 0. The van der Waals surface area contributed by atoms with E-state index in [1.54, 1.807) is 6.07 Å². The minimum atomic E-state index is -4.32. The third-order valence-electron chi connectivity index (χ3n) is 3.67. The van der Waals surface area contributed by atoms with E-state index in [0.29, 0.717) is 17.3 Å². The number of aryl methyl sites for hydroxylation is 1. The van der Waals surface area contributed by atoms with Crippen LogP contribution in [0.25, 0.3) is 10.9 Å². The van der Waals surface area contributed by atoms with E-state index >= 15 is 0 Å². The Hall–Kier alpha value is -1.49. The minimum Gasteiger partial charge on any atom is -0.345 e. The van der Waals surface area contributed by atoms with Crippen LogP contribution < -0.4 is 5.32 Å². The number of hydrogen-bond donors (Lipinski definition) is 1. The molecule has 0 bridgehead atoms. The Morgan fingerprint density at radius 1 is 1.24 bits per heavy atom. The Morgan fingerprint density at radius 2 is 1.95 bits per heavy atom. The highest BCUT2D eigenvalue weighted by Gasteiger charge is 2.34. The zero-order valence-electron chi connectivity index (χ0n) is 12.6. The Labute approximate surface area is 122 Å². The van der Waals surface area contributed by atoms with Gasteiger partial charge in [0.05, 0.1) is 5.56 Å². The van der Waals surface area contributed by atoms with Gasteiger partial charge >= 0.3 is 6.18 Å². The lowest BCUT2D eigenvalue weighted by Crippen LogP contribution is -2.09. The first-order valence-corrected chi connectivity index (χ1v) is 7.20. The van der Waals surface area contributed by atoms with E-state index in [0.717, 1.165) is 18.5 Å². The van der Waals surface area contributed by atoms with Crippen LogP contribution in [0.1, 0.15) is 37.4 Å². The number of nitrogens with zero attached hydrogens (tertiary/aromatic N) is 1. The number of hydrogen-bond acceptors (Lipinski definition) is 1. The summed E-state index contributed by atoms with van der Waals surface area (Å²) in [7, 11) is 1.85. The van der Waals surface area contributed by atoms with Crippen LogP contribution in [0.2, 0.25) is 0 Å². The normalized spacial score (nSPS) is 12.5. The van der Waals surface area contributed by atoms with E-state index in [4.69, 9.17) is 0 Å². The Bertz CT molecular complexity index is 612. The van der Waals surface area contributed by atoms with Crippen LogP contribution in [0.5, 0.6) is 0 Å². The molecule has 1 heterocycles. The van der Waals surface area contributed by atoms with Crippen LogP contribution in [0.3, 0.4) is 0 Å². The number of nitrogens with one attached hydrogen (secondary N) is 1. The molecule has 0 unspecified atom stereocenters. The predicted molar refractivity (Wildman–Crippen MR) is 79.6 cm³/mol. The molecule has 0 saturated heterocycles. The van der Waals surface area contributed by atoms with Gasteiger partial charge in [-0.1, -0.05) is 6.07 Å². The van der Waals surface area contributed by atoms with Crippen LogP contribution in [-0.4, -0.2) is 18.2 Å². The van der Waals surface area contributed by atoms with Gasteiger partial charge in [-0.15, -0.1) is 0 Å². The van der Waals surface area contributed by atoms with Crippen LogP contribution in [0.4, 0.5) is 13.2 Å². The monoisotopic (exact) mass is 298 g/mol. The molecular formula is C16H21F3N2. The standard InChI is InChI=1S/C16H21F3N2/c1-11(2)21-10-12(6-5-9-20-3)15-13(16(17,18)19)7-4-8-14(15)21/h4,7-8,10-11,20H,5-6,9H2,1-3H3. The van der Waals surface area contributed by atoms with E-state index in [-0.39, 0.29) is 6.04 Å². The van der Waals surface area contributed by atoms with E-state index < -0.39 is 11.7 Å². The Morgan fingerprint density at radius 3 is 2.52 bits per heavy atom. The lowest BCUT2D eigenvalue weighted by molar-refractivity contribution is -0.136. The fraction of sp³-hybridized carbons (Fsp3) is 0.500. The third kappa shape index (κ3) is 3.23. The lowest BCUT2D eigenvalue weighted by Gasteiger charge is -2.12. The Kier molecular flexibility index (Phi) is 4.61. The largest absolute Gasteiger partial charge is 0.417 e. The van der Waals surface area contributed by atoms with Gasteiger partial charge in [0, 0.05) is 23.1 Å². The van der Waals surface area contributed by atoms with Crippen molar-refractivity contribution >= 4 is 10.9 Å². The highest BCUT2D eigenvalue weighted by Crippen LogP contribution is 2.38. The third-order valence-corrected chi connectivity index (χ3v) is 3.67. The predicted octanol–water partition coefficient (Wildman–Crippen LogP) is 4.39. The van der Waals surface area contributed by atoms with E-state index in [2.05, 4.69) is 5.32 Å². The fourth-order valence-corrected chi connectivity index (χ4v) is 2.70. The van der Waals surface area contributed by atoms with Crippen molar-refractivity contribution in [2.24, 2.45) is 0 Å². The fourth-order valence-electron chi connectivity index (χ4n) is 2.70. The summed E-state index contributed by atoms with van der Waals surface area (Å²) >= 11 is 0. The zero-order chi connectivity index (χ0) is 15.6. The van der Waals surface area contributed by atoms with Crippen molar-refractivity contribution in [3.63, 3.8) is 0 Å². The smallest absolute Gasteiger partial charge is 0.345 e. The van der Waals surface area contributed by atoms with Gasteiger partial charge in [-0.25, -0.2) is 0 Å². The summed E-state index contributed by atoms with van der Waals surface area (Å²) < 4.78 is 41.8. The second kappa shape index (κ2) is 6.10. The quantitative estimate of drug-likeness (QED) is 0.810. The molecule has 0 atom stereocenters. The number of rotatable bonds is 5. The minimum absolute atomic E-state index is 0.133. The molecule has 0 aliphatic heterocycles. The van der Waals surface area contributed by atoms with Crippen LogP contribution in [-0.2, 0) is 12.6 Å². The molecule has 0 aliphatic carbocycles. The van der Waals surface area contributed by atoms with E-state index in [9.17, 15) is 13.2 Å². The molecule has 2 rings (SSSR count). The number of halogens is 3. The topological polar surface area (TPSA) is 17.0 Å². The summed E-state index contributed by atoms with van der Waals surface area (Å²) in [4.78, 5) is 0. The van der Waals surface area contributed by atoms with Crippen molar-refractivity contribution in [1.82, 2.24) is 9.88 Å². The molecule has 1 aromatic carbocycles. The summed E-state index contributed by atoms with van der Waals surface area (Å²) in [5.41, 5.74) is 0.917. The molecular weight excluding hydrogens is 277 g/mol. The summed E-state index contributed by atoms with van der Waals surface area (Å²) in [5, 5.41) is 3.39. The SMILES string of the molecule is CNCCCc1cn(C(C)C)c2cccc(C(F)(F)F)c12. The molecule has 2 nitrogen and oxygen atoms in total. The number of alkyl halides is 3. The lowest BCUT2D eigenvalue weighted by atomic mass is 10.0. The van der Waals surface area contributed by atoms with Crippen LogP contribution in [0, 0.1) is 0 Å². The van der Waals surface area contributed by atoms with Gasteiger partial charge in [-0.2, -0.15) is 13.2 Å². The molecule has 116 valence electrons. The highest BCUT2D eigenvalue weighted by atomic mass is 19.4. The first-order chi connectivity index (χ1) is 9.86. The number of fused-ring (bicyclic) bond motifs is 1. The summed E-state index contributed by atoms with van der Waals surface area (Å²) in [6.07, 6.45) is -0.981. The maximum Gasteiger partial charge on any atom is 0.417 e. The van der Waals surface area contributed by atoms with Gasteiger partial charge in [0.2, 0.25) is 0 Å². The molecule has 0 aliphatic rings. The summed E-state index contributed by atoms with van der Waals surface area (Å²) in [6.45, 7) is 4.76. The molecule has 0 saturated carbocycles. The molecule has 5 heteroatoms. The zero-order valence-corrected chi connectivity index (χ0v) is 12.6. The molecule has 21 heavy (non-hydrogen) atoms. The first-order valence-electron chi connectivity index (χ1n) is 7.20. The van der Waals surface area contributed by atoms with Crippen molar-refractivity contribution in [3.8, 4) is 0 Å². The van der Waals surface area contributed by atoms with Crippen molar-refractivity contribution in [2.75, 3.05) is 13.6 Å². The van der Waals surface area contributed by atoms with Crippen molar-refractivity contribution in [2.45, 2.75) is 38.9 Å². The van der Waals surface area contributed by atoms with E-state index in [1.165, 1.54) is 12.1 Å². The second-order valence-corrected chi connectivity index (χ2v) is 5.56. The van der Waals surface area contributed by atoms with Crippen molar-refractivity contribution in [3.05, 3.63) is 35.5 Å². The average molecular weight is 298 g/mol. The maximum atomic E-state index is 13.3. The number of aromatic nitrogens is 1. The molecule has 0 amide bonds. The van der Waals surface area contributed by atoms with Gasteiger partial charge in [0.15, 0.2) is 0 Å². The van der Waals surface area contributed by atoms with Crippen molar-refractivity contribution in [1.29, 1.82) is 0 Å². The molecule has 0 fully saturated rings.